The maximum atomic E-state index is 9.58. The molecule has 0 aromatic carbocycles. The summed E-state index contributed by atoms with van der Waals surface area (Å²) in [5, 5.41) is 36.6. The van der Waals surface area contributed by atoms with Crippen molar-refractivity contribution in [3.63, 3.8) is 0 Å². The fourth-order valence-corrected chi connectivity index (χ4v) is 3.67. The molecule has 19 heavy (non-hydrogen) atoms. The van der Waals surface area contributed by atoms with Crippen molar-refractivity contribution in [3.8, 4) is 18.2 Å². The second-order valence-electron chi connectivity index (χ2n) is 5.38. The molecule has 0 aromatic heterocycles. The molecule has 3 saturated heterocycles. The van der Waals surface area contributed by atoms with Gasteiger partial charge in [-0.05, 0) is 12.8 Å². The van der Waals surface area contributed by atoms with Gasteiger partial charge in [-0.2, -0.15) is 15.8 Å². The van der Waals surface area contributed by atoms with E-state index in [2.05, 4.69) is 0 Å². The number of nitrogens with one attached hydrogen (secondary N) is 1. The normalized spacial score (nSPS) is 42.2. The van der Waals surface area contributed by atoms with Gasteiger partial charge in [0.25, 0.3) is 0 Å². The van der Waals surface area contributed by atoms with Crippen LogP contribution in [0.4, 0.5) is 0 Å². The molecule has 1 N–H and O–H groups in total. The van der Waals surface area contributed by atoms with E-state index >= 15 is 0 Å². The Morgan fingerprint density at radius 2 is 1.89 bits per heavy atom. The molecule has 3 heterocycles. The lowest BCUT2D eigenvalue weighted by atomic mass is 9.51. The number of rotatable bonds is 0. The molecule has 1 saturated carbocycles. The molecule has 4 aliphatic rings. The van der Waals surface area contributed by atoms with Crippen LogP contribution in [0.15, 0.2) is 0 Å². The van der Waals surface area contributed by atoms with Crippen LogP contribution in [0.2, 0.25) is 0 Å². The molecule has 4 fully saturated rings. The molecular formula is C13H12N4O2. The zero-order valence-corrected chi connectivity index (χ0v) is 10.3. The molecule has 3 aliphatic heterocycles. The van der Waals surface area contributed by atoms with Crippen LogP contribution in [0.5, 0.6) is 0 Å². The third-order valence-electron chi connectivity index (χ3n) is 4.73. The molecule has 0 unspecified atom stereocenters. The Morgan fingerprint density at radius 3 is 2.47 bits per heavy atom. The van der Waals surface area contributed by atoms with Crippen molar-refractivity contribution in [3.05, 3.63) is 0 Å². The van der Waals surface area contributed by atoms with Crippen molar-refractivity contribution < 1.29 is 9.47 Å². The molecule has 1 spiro atoms. The standard InChI is InChI=1S/C13H12N4O2/c14-5-11(6-15)9-3-1-2-4-13(9)18-8-12(11,7-16)10(17)19-13/h9,17H,1-4,8H2/t9-,12+,13+/m1/s1. The van der Waals surface area contributed by atoms with Crippen LogP contribution in [0, 0.1) is 56.2 Å². The van der Waals surface area contributed by atoms with Gasteiger partial charge >= 0.3 is 0 Å². The van der Waals surface area contributed by atoms with Crippen molar-refractivity contribution in [2.45, 2.75) is 31.5 Å². The Labute approximate surface area is 110 Å². The van der Waals surface area contributed by atoms with Crippen LogP contribution >= 0.6 is 0 Å². The molecule has 3 atom stereocenters. The number of hydrogen-bond acceptors (Lipinski definition) is 6. The fraction of sp³-hybridized carbons (Fsp3) is 0.692. The first-order chi connectivity index (χ1) is 9.11. The van der Waals surface area contributed by atoms with E-state index in [0.717, 1.165) is 12.8 Å². The SMILES string of the molecule is N#CC1(C#N)[C@H]2CCCC[C@@]23OC[C@@]1(C#N)C(=N)O3. The van der Waals surface area contributed by atoms with E-state index in [4.69, 9.17) is 14.9 Å². The highest BCUT2D eigenvalue weighted by Gasteiger charge is 2.76. The van der Waals surface area contributed by atoms with Crippen molar-refractivity contribution >= 4 is 5.90 Å². The summed E-state index contributed by atoms with van der Waals surface area (Å²) in [7, 11) is 0. The first-order valence-corrected chi connectivity index (χ1v) is 6.26. The van der Waals surface area contributed by atoms with Crippen molar-refractivity contribution in [1.82, 2.24) is 0 Å². The van der Waals surface area contributed by atoms with Crippen molar-refractivity contribution in [2.24, 2.45) is 16.7 Å². The summed E-state index contributed by atoms with van der Waals surface area (Å²) in [6.45, 7) is -0.111. The predicted octanol–water partition coefficient (Wildman–Crippen LogP) is 1.45. The average Bonchev–Trinajstić information content (AvgIpc) is 2.45. The summed E-state index contributed by atoms with van der Waals surface area (Å²) >= 11 is 0. The Hall–Kier alpha value is -2.10. The Morgan fingerprint density at radius 1 is 1.16 bits per heavy atom. The highest BCUT2D eigenvalue weighted by molar-refractivity contribution is 5.87. The highest BCUT2D eigenvalue weighted by Crippen LogP contribution is 2.63. The van der Waals surface area contributed by atoms with Gasteiger partial charge in [-0.15, -0.1) is 0 Å². The van der Waals surface area contributed by atoms with Gasteiger partial charge < -0.3 is 9.47 Å². The van der Waals surface area contributed by atoms with E-state index in [9.17, 15) is 15.8 Å². The maximum absolute atomic E-state index is 9.58. The highest BCUT2D eigenvalue weighted by atomic mass is 16.7. The van der Waals surface area contributed by atoms with E-state index in [0.29, 0.717) is 12.8 Å². The van der Waals surface area contributed by atoms with Crippen molar-refractivity contribution in [2.75, 3.05) is 6.61 Å². The topological polar surface area (TPSA) is 114 Å². The zero-order valence-electron chi connectivity index (χ0n) is 10.3. The number of fused-ring (bicyclic) bond motifs is 2. The third-order valence-corrected chi connectivity index (χ3v) is 4.73. The quantitative estimate of drug-likeness (QED) is 0.704. The Kier molecular flexibility index (Phi) is 2.18. The summed E-state index contributed by atoms with van der Waals surface area (Å²) in [6.07, 6.45) is 2.92. The molecule has 0 amide bonds. The number of nitrogens with zero attached hydrogens (tertiary/aromatic N) is 3. The molecule has 6 nitrogen and oxygen atoms in total. The van der Waals surface area contributed by atoms with Crippen molar-refractivity contribution in [1.29, 1.82) is 21.2 Å². The fourth-order valence-electron chi connectivity index (χ4n) is 3.67. The monoisotopic (exact) mass is 256 g/mol. The van der Waals surface area contributed by atoms with E-state index in [1.54, 1.807) is 0 Å². The molecule has 0 aromatic rings. The summed E-state index contributed by atoms with van der Waals surface area (Å²) in [4.78, 5) is 0. The zero-order chi connectivity index (χ0) is 13.7. The lowest BCUT2D eigenvalue weighted by molar-refractivity contribution is -0.329. The largest absolute Gasteiger partial charge is 0.447 e. The van der Waals surface area contributed by atoms with Gasteiger partial charge in [-0.1, -0.05) is 6.42 Å². The Balaban J connectivity index is 2.26. The van der Waals surface area contributed by atoms with Gasteiger partial charge in [-0.25, -0.2) is 0 Å². The molecule has 96 valence electrons. The maximum Gasteiger partial charge on any atom is 0.217 e. The van der Waals surface area contributed by atoms with Gasteiger partial charge in [0.2, 0.25) is 11.7 Å². The van der Waals surface area contributed by atoms with E-state index in [1.165, 1.54) is 0 Å². The minimum absolute atomic E-state index is 0.111. The Bertz CT molecular complexity index is 567. The average molecular weight is 256 g/mol. The smallest absolute Gasteiger partial charge is 0.217 e. The second-order valence-corrected chi connectivity index (χ2v) is 5.38. The first-order valence-electron chi connectivity index (χ1n) is 6.26. The van der Waals surface area contributed by atoms with E-state index in [1.807, 2.05) is 18.2 Å². The summed E-state index contributed by atoms with van der Waals surface area (Å²) in [5.41, 5.74) is -3.14. The van der Waals surface area contributed by atoms with Crippen LogP contribution in [0.25, 0.3) is 0 Å². The number of ether oxygens (including phenoxy) is 2. The molecule has 4 rings (SSSR count). The number of nitriles is 3. The predicted molar refractivity (Wildman–Crippen MR) is 61.2 cm³/mol. The van der Waals surface area contributed by atoms with Gasteiger partial charge in [0.1, 0.15) is 0 Å². The van der Waals surface area contributed by atoms with Gasteiger partial charge in [-0.3, -0.25) is 5.41 Å². The summed E-state index contributed by atoms with van der Waals surface area (Å²) in [6, 6.07) is 6.02. The molecule has 0 radical (unpaired) electrons. The van der Waals surface area contributed by atoms with E-state index in [-0.39, 0.29) is 12.5 Å². The number of hydrogen-bond donors (Lipinski definition) is 1. The molecule has 6 heteroatoms. The summed E-state index contributed by atoms with van der Waals surface area (Å²) < 4.78 is 11.3. The van der Waals surface area contributed by atoms with Crippen LogP contribution in [-0.2, 0) is 9.47 Å². The van der Waals surface area contributed by atoms with Gasteiger partial charge in [0.15, 0.2) is 10.8 Å². The minimum atomic E-state index is -1.60. The first kappa shape index (κ1) is 12.0. The van der Waals surface area contributed by atoms with Crippen LogP contribution in [0.1, 0.15) is 25.7 Å². The minimum Gasteiger partial charge on any atom is -0.447 e. The summed E-state index contributed by atoms with van der Waals surface area (Å²) in [5.74, 6) is -1.81. The molecular weight excluding hydrogens is 244 g/mol. The van der Waals surface area contributed by atoms with Crippen LogP contribution in [0.3, 0.4) is 0 Å². The third kappa shape index (κ3) is 1.06. The van der Waals surface area contributed by atoms with E-state index < -0.39 is 22.5 Å². The molecule has 1 aliphatic carbocycles. The van der Waals surface area contributed by atoms with Crippen LogP contribution < -0.4 is 0 Å². The van der Waals surface area contributed by atoms with Gasteiger partial charge in [0, 0.05) is 6.42 Å². The lowest BCUT2D eigenvalue weighted by Crippen LogP contribution is -2.72. The van der Waals surface area contributed by atoms with Crippen LogP contribution in [-0.4, -0.2) is 18.3 Å². The second kappa shape index (κ2) is 3.47. The molecule has 2 bridgehead atoms. The van der Waals surface area contributed by atoms with Gasteiger partial charge in [0.05, 0.1) is 30.7 Å². The lowest BCUT2D eigenvalue weighted by Gasteiger charge is -2.60.